The third kappa shape index (κ3) is 3.29. The molecule has 0 radical (unpaired) electrons. The van der Waals surface area contributed by atoms with Crippen molar-refractivity contribution in [1.29, 1.82) is 0 Å². The van der Waals surface area contributed by atoms with Crippen LogP contribution in [0.5, 0.6) is 0 Å². The Kier molecular flexibility index (Phi) is 4.88. The number of hydrogen-bond acceptors (Lipinski definition) is 5. The van der Waals surface area contributed by atoms with Crippen molar-refractivity contribution in [3.8, 4) is 11.3 Å². The van der Waals surface area contributed by atoms with Gasteiger partial charge in [-0.25, -0.2) is 9.97 Å². The van der Waals surface area contributed by atoms with Crippen LogP contribution in [0.15, 0.2) is 46.5 Å². The highest BCUT2D eigenvalue weighted by molar-refractivity contribution is 7.26. The summed E-state index contributed by atoms with van der Waals surface area (Å²) in [5.74, 6) is 1.65. The molecular weight excluding hydrogens is 456 g/mol. The molecule has 5 heteroatoms. The van der Waals surface area contributed by atoms with E-state index in [1.54, 1.807) is 17.7 Å². The van der Waals surface area contributed by atoms with Crippen molar-refractivity contribution in [2.75, 3.05) is 0 Å². The smallest absolute Gasteiger partial charge is 0.136 e. The van der Waals surface area contributed by atoms with Gasteiger partial charge in [0.2, 0.25) is 0 Å². The first-order valence-corrected chi connectivity index (χ1v) is 13.5. The van der Waals surface area contributed by atoms with E-state index in [4.69, 9.17) is 14.4 Å². The van der Waals surface area contributed by atoms with Gasteiger partial charge in [-0.1, -0.05) is 34.6 Å². The number of furan rings is 1. The van der Waals surface area contributed by atoms with Crippen LogP contribution in [-0.4, -0.2) is 9.97 Å². The largest absolute Gasteiger partial charge is 0.461 e. The minimum absolute atomic E-state index is 0.0505. The number of aromatic nitrogens is 2. The zero-order valence-electron chi connectivity index (χ0n) is 20.4. The van der Waals surface area contributed by atoms with Crippen molar-refractivity contribution in [3.63, 3.8) is 0 Å². The van der Waals surface area contributed by atoms with Crippen molar-refractivity contribution in [3.05, 3.63) is 58.9 Å². The van der Waals surface area contributed by atoms with Crippen LogP contribution < -0.4 is 0 Å². The monoisotopic (exact) mass is 484 g/mol. The molecule has 0 unspecified atom stereocenters. The summed E-state index contributed by atoms with van der Waals surface area (Å²) >= 11 is 3.57. The Labute approximate surface area is 207 Å². The van der Waals surface area contributed by atoms with Crippen molar-refractivity contribution in [2.24, 2.45) is 5.92 Å². The summed E-state index contributed by atoms with van der Waals surface area (Å²) < 4.78 is 8.91. The molecule has 0 aliphatic rings. The lowest BCUT2D eigenvalue weighted by molar-refractivity contribution is 0.496. The van der Waals surface area contributed by atoms with E-state index in [-0.39, 0.29) is 5.41 Å². The van der Waals surface area contributed by atoms with E-state index < -0.39 is 0 Å². The number of hydrogen-bond donors (Lipinski definition) is 0. The molecule has 0 saturated carbocycles. The second-order valence-corrected chi connectivity index (χ2v) is 12.6. The van der Waals surface area contributed by atoms with Gasteiger partial charge >= 0.3 is 0 Å². The summed E-state index contributed by atoms with van der Waals surface area (Å²) in [4.78, 5) is 10.6. The molecule has 0 N–H and O–H groups in total. The number of thiophene rings is 2. The first-order chi connectivity index (χ1) is 16.2. The first-order valence-electron chi connectivity index (χ1n) is 11.8. The van der Waals surface area contributed by atoms with Crippen molar-refractivity contribution in [1.82, 2.24) is 9.97 Å². The Morgan fingerprint density at radius 3 is 2.59 bits per heavy atom. The van der Waals surface area contributed by atoms with Crippen molar-refractivity contribution in [2.45, 2.75) is 53.4 Å². The van der Waals surface area contributed by atoms with Gasteiger partial charge in [-0.2, -0.15) is 0 Å². The molecule has 172 valence electrons. The van der Waals surface area contributed by atoms with Crippen LogP contribution in [0, 0.1) is 12.8 Å². The van der Waals surface area contributed by atoms with Crippen LogP contribution in [-0.2, 0) is 11.8 Å². The van der Waals surface area contributed by atoms with Crippen molar-refractivity contribution >= 4 is 64.0 Å². The molecule has 6 rings (SSSR count). The van der Waals surface area contributed by atoms with E-state index in [0.29, 0.717) is 5.92 Å². The highest BCUT2D eigenvalue weighted by atomic mass is 32.1. The Bertz CT molecular complexity index is 1710. The van der Waals surface area contributed by atoms with E-state index in [0.717, 1.165) is 39.2 Å². The quantitative estimate of drug-likeness (QED) is 0.251. The number of benzene rings is 2. The summed E-state index contributed by atoms with van der Waals surface area (Å²) in [6.07, 6.45) is 2.67. The van der Waals surface area contributed by atoms with Gasteiger partial charge in [-0.05, 0) is 70.5 Å². The fourth-order valence-corrected chi connectivity index (χ4v) is 7.35. The SMILES string of the molecule is Cc1c(CC(C)C)oc2ccc3c(sc4ncnc(-c5cc(C(C)(C)C)c6sccc6c5)c43)c12. The van der Waals surface area contributed by atoms with Gasteiger partial charge in [0.05, 0.1) is 5.69 Å². The average molecular weight is 485 g/mol. The van der Waals surface area contributed by atoms with E-state index >= 15 is 0 Å². The second kappa shape index (κ2) is 7.62. The number of nitrogens with zero attached hydrogens (tertiary/aromatic N) is 2. The van der Waals surface area contributed by atoms with Gasteiger partial charge in [-0.3, -0.25) is 0 Å². The predicted octanol–water partition coefficient (Wildman–Crippen LogP) is 9.28. The zero-order valence-corrected chi connectivity index (χ0v) is 22.1. The minimum atomic E-state index is 0.0505. The Morgan fingerprint density at radius 2 is 1.82 bits per heavy atom. The van der Waals surface area contributed by atoms with Gasteiger partial charge in [0.1, 0.15) is 22.5 Å². The molecule has 6 aromatic rings. The molecule has 34 heavy (non-hydrogen) atoms. The van der Waals surface area contributed by atoms with Crippen LogP contribution >= 0.6 is 22.7 Å². The van der Waals surface area contributed by atoms with Crippen LogP contribution in [0.25, 0.3) is 52.6 Å². The lowest BCUT2D eigenvalue weighted by Crippen LogP contribution is -2.11. The van der Waals surface area contributed by atoms with E-state index in [1.165, 1.54) is 36.7 Å². The third-order valence-electron chi connectivity index (χ3n) is 6.65. The standard InChI is InChI=1S/C29H28N2OS2/c1-15(2)11-22-16(3)23-21(32-22)8-7-19-24-25(30-14-31-28(24)34-27(19)23)18-12-17-9-10-33-26(17)20(13-18)29(4,5)6/h7-10,12-15H,11H2,1-6H3. The van der Waals surface area contributed by atoms with Gasteiger partial charge < -0.3 is 4.42 Å². The maximum absolute atomic E-state index is 6.29. The summed E-state index contributed by atoms with van der Waals surface area (Å²) in [5.41, 5.74) is 5.81. The summed E-state index contributed by atoms with van der Waals surface area (Å²) in [6.45, 7) is 13.5. The fourth-order valence-electron chi connectivity index (χ4n) is 5.00. The lowest BCUT2D eigenvalue weighted by Gasteiger charge is -2.21. The van der Waals surface area contributed by atoms with E-state index in [9.17, 15) is 0 Å². The number of aryl methyl sites for hydroxylation is 1. The van der Waals surface area contributed by atoms with Crippen LogP contribution in [0.1, 0.15) is 51.5 Å². The minimum Gasteiger partial charge on any atom is -0.461 e. The maximum Gasteiger partial charge on any atom is 0.136 e. The fraction of sp³-hybridized carbons (Fsp3) is 0.310. The van der Waals surface area contributed by atoms with Gasteiger partial charge in [0.15, 0.2) is 0 Å². The molecule has 0 fully saturated rings. The molecule has 0 bridgehead atoms. The van der Waals surface area contributed by atoms with Crippen LogP contribution in [0.3, 0.4) is 0 Å². The summed E-state index contributed by atoms with van der Waals surface area (Å²) in [5, 5.41) is 7.05. The highest BCUT2D eigenvalue weighted by Gasteiger charge is 2.23. The Balaban J connectivity index is 1.66. The molecule has 0 aliphatic carbocycles. The number of rotatable bonds is 3. The molecule has 0 spiro atoms. The normalized spacial score (nSPS) is 12.8. The molecule has 2 aromatic carbocycles. The lowest BCUT2D eigenvalue weighted by atomic mass is 9.85. The summed E-state index contributed by atoms with van der Waals surface area (Å²) in [6, 6.07) is 11.2. The van der Waals surface area contributed by atoms with E-state index in [1.807, 2.05) is 11.3 Å². The molecule has 4 heterocycles. The average Bonchev–Trinajstić information content (AvgIpc) is 3.47. The van der Waals surface area contributed by atoms with Gasteiger partial charge in [-0.15, -0.1) is 22.7 Å². The van der Waals surface area contributed by atoms with E-state index in [2.05, 4.69) is 77.3 Å². The molecule has 0 amide bonds. The summed E-state index contributed by atoms with van der Waals surface area (Å²) in [7, 11) is 0. The molecular formula is C29H28N2OS2. The zero-order chi connectivity index (χ0) is 23.8. The molecule has 3 nitrogen and oxygen atoms in total. The topological polar surface area (TPSA) is 38.9 Å². The number of fused-ring (bicyclic) bond motifs is 6. The van der Waals surface area contributed by atoms with Crippen molar-refractivity contribution < 1.29 is 4.42 Å². The molecule has 0 aliphatic heterocycles. The second-order valence-electron chi connectivity index (χ2n) is 10.7. The van der Waals surface area contributed by atoms with Crippen LogP contribution in [0.2, 0.25) is 0 Å². The Morgan fingerprint density at radius 1 is 1.00 bits per heavy atom. The maximum atomic E-state index is 6.29. The van der Waals surface area contributed by atoms with Gasteiger partial charge in [0.25, 0.3) is 0 Å². The molecule has 4 aromatic heterocycles. The first kappa shape index (κ1) is 21.8. The highest BCUT2D eigenvalue weighted by Crippen LogP contribution is 2.45. The van der Waals surface area contributed by atoms with Gasteiger partial charge in [0, 0.05) is 37.5 Å². The molecule has 0 atom stereocenters. The predicted molar refractivity (Wildman–Crippen MR) is 147 cm³/mol. The molecule has 0 saturated heterocycles. The third-order valence-corrected chi connectivity index (χ3v) is 8.75. The Hall–Kier alpha value is -2.76. The van der Waals surface area contributed by atoms with Crippen LogP contribution in [0.4, 0.5) is 0 Å².